The molecule has 1 N–H and O–H groups in total. The highest BCUT2D eigenvalue weighted by atomic mass is 79.9. The monoisotopic (exact) mass is 468 g/mol. The maximum atomic E-state index is 12.9. The molecule has 0 unspecified atom stereocenters. The van der Waals surface area contributed by atoms with Gasteiger partial charge in [-0.15, -0.1) is 0 Å². The van der Waals surface area contributed by atoms with Crippen molar-refractivity contribution in [1.29, 1.82) is 0 Å². The van der Waals surface area contributed by atoms with Crippen molar-refractivity contribution in [3.8, 4) is 17.0 Å². The van der Waals surface area contributed by atoms with Crippen molar-refractivity contribution in [3.05, 3.63) is 70.3 Å². The second-order valence-corrected chi connectivity index (χ2v) is 7.87. The summed E-state index contributed by atoms with van der Waals surface area (Å²) in [6.07, 6.45) is 0. The zero-order chi connectivity index (χ0) is 21.1. The number of aromatic amines is 1. The fourth-order valence-corrected chi connectivity index (χ4v) is 3.74. The summed E-state index contributed by atoms with van der Waals surface area (Å²) in [4.78, 5) is 29.2. The van der Waals surface area contributed by atoms with Crippen LogP contribution in [0.1, 0.15) is 20.8 Å². The number of hydrogen-bond donors (Lipinski definition) is 1. The third-order valence-electron chi connectivity index (χ3n) is 5.14. The van der Waals surface area contributed by atoms with Gasteiger partial charge in [-0.2, -0.15) is 5.10 Å². The van der Waals surface area contributed by atoms with Gasteiger partial charge in [0.2, 0.25) is 0 Å². The van der Waals surface area contributed by atoms with E-state index in [0.717, 1.165) is 15.7 Å². The summed E-state index contributed by atoms with van der Waals surface area (Å²) in [5.74, 6) is 0.354. The minimum atomic E-state index is -0.116. The van der Waals surface area contributed by atoms with Crippen molar-refractivity contribution in [2.24, 2.45) is 0 Å². The number of hydrogen-bond acceptors (Lipinski definition) is 4. The summed E-state index contributed by atoms with van der Waals surface area (Å²) >= 11 is 3.41. The van der Waals surface area contributed by atoms with Gasteiger partial charge in [-0.05, 0) is 30.3 Å². The van der Waals surface area contributed by atoms with E-state index < -0.39 is 0 Å². The first-order chi connectivity index (χ1) is 14.6. The Balaban J connectivity index is 1.40. The first-order valence-corrected chi connectivity index (χ1v) is 10.4. The molecule has 0 atom stereocenters. The van der Waals surface area contributed by atoms with Crippen LogP contribution in [0.2, 0.25) is 0 Å². The van der Waals surface area contributed by atoms with Crippen LogP contribution >= 0.6 is 15.9 Å². The average Bonchev–Trinajstić information content (AvgIpc) is 3.29. The minimum absolute atomic E-state index is 0.0846. The Morgan fingerprint density at radius 2 is 1.60 bits per heavy atom. The summed E-state index contributed by atoms with van der Waals surface area (Å²) in [5, 5.41) is 7.11. The Morgan fingerprint density at radius 1 is 0.967 bits per heavy atom. The Kier molecular flexibility index (Phi) is 5.85. The maximum Gasteiger partial charge on any atom is 0.272 e. The van der Waals surface area contributed by atoms with Gasteiger partial charge in [0.1, 0.15) is 11.4 Å². The van der Waals surface area contributed by atoms with E-state index in [9.17, 15) is 9.59 Å². The summed E-state index contributed by atoms with van der Waals surface area (Å²) in [7, 11) is 1.55. The van der Waals surface area contributed by atoms with Crippen molar-refractivity contribution >= 4 is 27.7 Å². The molecule has 4 rings (SSSR count). The quantitative estimate of drug-likeness (QED) is 0.635. The largest absolute Gasteiger partial charge is 0.496 e. The number of rotatable bonds is 4. The number of H-pyrrole nitrogens is 1. The van der Waals surface area contributed by atoms with Gasteiger partial charge < -0.3 is 14.5 Å². The number of benzene rings is 2. The molecule has 1 aromatic heterocycles. The zero-order valence-corrected chi connectivity index (χ0v) is 18.1. The lowest BCUT2D eigenvalue weighted by Crippen LogP contribution is -2.50. The molecule has 1 fully saturated rings. The number of piperazine rings is 1. The lowest BCUT2D eigenvalue weighted by molar-refractivity contribution is 0.0530. The van der Waals surface area contributed by atoms with Crippen molar-refractivity contribution in [2.75, 3.05) is 33.3 Å². The third kappa shape index (κ3) is 4.09. The molecule has 3 aromatic rings. The lowest BCUT2D eigenvalue weighted by atomic mass is 10.1. The Hall–Kier alpha value is -3.13. The van der Waals surface area contributed by atoms with Crippen molar-refractivity contribution < 1.29 is 14.3 Å². The molecular formula is C22H21BrN4O3. The highest BCUT2D eigenvalue weighted by molar-refractivity contribution is 9.10. The van der Waals surface area contributed by atoms with Crippen LogP contribution in [0.25, 0.3) is 11.3 Å². The minimum Gasteiger partial charge on any atom is -0.496 e. The van der Waals surface area contributed by atoms with Crippen LogP contribution in [0, 0.1) is 0 Å². The number of nitrogens with zero attached hydrogens (tertiary/aromatic N) is 3. The molecule has 0 aliphatic carbocycles. The molecule has 0 saturated carbocycles. The normalized spacial score (nSPS) is 13.9. The molecule has 7 nitrogen and oxygen atoms in total. The molecule has 154 valence electrons. The van der Waals surface area contributed by atoms with Crippen molar-refractivity contribution in [1.82, 2.24) is 20.0 Å². The molecule has 2 aromatic carbocycles. The van der Waals surface area contributed by atoms with Gasteiger partial charge in [0, 0.05) is 36.2 Å². The van der Waals surface area contributed by atoms with Gasteiger partial charge in [0.25, 0.3) is 11.8 Å². The summed E-state index contributed by atoms with van der Waals surface area (Å²) in [6.45, 7) is 1.87. The van der Waals surface area contributed by atoms with Crippen LogP contribution in [0.5, 0.6) is 5.75 Å². The van der Waals surface area contributed by atoms with Crippen LogP contribution in [-0.4, -0.2) is 65.1 Å². The summed E-state index contributed by atoms with van der Waals surface area (Å²) in [6, 6.07) is 16.7. The highest BCUT2D eigenvalue weighted by Gasteiger charge is 2.27. The molecule has 1 aliphatic heterocycles. The number of carbonyl (C=O) groups excluding carboxylic acids is 2. The van der Waals surface area contributed by atoms with E-state index in [4.69, 9.17) is 4.74 Å². The average molecular weight is 469 g/mol. The maximum absolute atomic E-state index is 12.9. The predicted molar refractivity (Wildman–Crippen MR) is 117 cm³/mol. The van der Waals surface area contributed by atoms with Crippen LogP contribution in [0.4, 0.5) is 0 Å². The van der Waals surface area contributed by atoms with Crippen molar-refractivity contribution in [2.45, 2.75) is 0 Å². The molecule has 2 heterocycles. The molecule has 0 bridgehead atoms. The SMILES string of the molecule is COc1ccccc1C(=O)N1CCN(C(=O)c2cc(-c3ccc(Br)cc3)n[nH]2)CC1. The first kappa shape index (κ1) is 20.2. The second kappa shape index (κ2) is 8.71. The van der Waals surface area contributed by atoms with Crippen LogP contribution in [-0.2, 0) is 0 Å². The van der Waals surface area contributed by atoms with Crippen LogP contribution in [0.3, 0.4) is 0 Å². The smallest absolute Gasteiger partial charge is 0.272 e. The van der Waals surface area contributed by atoms with E-state index in [1.165, 1.54) is 0 Å². The number of ether oxygens (including phenoxy) is 1. The van der Waals surface area contributed by atoms with E-state index in [2.05, 4.69) is 26.1 Å². The van der Waals surface area contributed by atoms with Gasteiger partial charge in [0.15, 0.2) is 0 Å². The van der Waals surface area contributed by atoms with Gasteiger partial charge >= 0.3 is 0 Å². The lowest BCUT2D eigenvalue weighted by Gasteiger charge is -2.34. The molecule has 1 aliphatic rings. The number of aromatic nitrogens is 2. The first-order valence-electron chi connectivity index (χ1n) is 9.60. The number of nitrogens with one attached hydrogen (secondary N) is 1. The van der Waals surface area contributed by atoms with Gasteiger partial charge in [0.05, 0.1) is 18.4 Å². The summed E-state index contributed by atoms with van der Waals surface area (Å²) in [5.41, 5.74) is 2.63. The van der Waals surface area contributed by atoms with Crippen LogP contribution < -0.4 is 4.74 Å². The predicted octanol–water partition coefficient (Wildman–Crippen LogP) is 3.45. The molecule has 1 saturated heterocycles. The Morgan fingerprint density at radius 3 is 2.27 bits per heavy atom. The Bertz CT molecular complexity index is 1060. The third-order valence-corrected chi connectivity index (χ3v) is 5.67. The van der Waals surface area contributed by atoms with E-state index in [0.29, 0.717) is 43.2 Å². The van der Waals surface area contributed by atoms with E-state index in [1.807, 2.05) is 36.4 Å². The number of para-hydroxylation sites is 1. The fraction of sp³-hybridized carbons (Fsp3) is 0.227. The van der Waals surface area contributed by atoms with E-state index in [-0.39, 0.29) is 11.8 Å². The second-order valence-electron chi connectivity index (χ2n) is 6.96. The summed E-state index contributed by atoms with van der Waals surface area (Å²) < 4.78 is 6.28. The highest BCUT2D eigenvalue weighted by Crippen LogP contribution is 2.22. The molecule has 0 spiro atoms. The number of amides is 2. The number of methoxy groups -OCH3 is 1. The van der Waals surface area contributed by atoms with E-state index in [1.54, 1.807) is 35.1 Å². The number of halogens is 1. The van der Waals surface area contributed by atoms with Gasteiger partial charge in [-0.3, -0.25) is 14.7 Å². The van der Waals surface area contributed by atoms with Crippen LogP contribution in [0.15, 0.2) is 59.1 Å². The Labute approximate surface area is 182 Å². The molecule has 8 heteroatoms. The molecule has 0 radical (unpaired) electrons. The fourth-order valence-electron chi connectivity index (χ4n) is 3.47. The van der Waals surface area contributed by atoms with Crippen molar-refractivity contribution in [3.63, 3.8) is 0 Å². The standard InChI is InChI=1S/C22H21BrN4O3/c1-30-20-5-3-2-4-17(20)21(28)26-10-12-27(13-11-26)22(29)19-14-18(24-25-19)15-6-8-16(23)9-7-15/h2-9,14H,10-13H2,1H3,(H,24,25). The molecular weight excluding hydrogens is 448 g/mol. The van der Waals surface area contributed by atoms with Gasteiger partial charge in [-0.25, -0.2) is 0 Å². The van der Waals surface area contributed by atoms with E-state index >= 15 is 0 Å². The topological polar surface area (TPSA) is 78.5 Å². The number of carbonyl (C=O) groups is 2. The zero-order valence-electron chi connectivity index (χ0n) is 16.5. The molecule has 30 heavy (non-hydrogen) atoms. The molecule has 2 amide bonds. The van der Waals surface area contributed by atoms with Gasteiger partial charge in [-0.1, -0.05) is 40.2 Å².